The second kappa shape index (κ2) is 8.73. The number of hydrogen-bond acceptors (Lipinski definition) is 5. The van der Waals surface area contributed by atoms with Gasteiger partial charge in [-0.05, 0) is 18.1 Å². The largest absolute Gasteiger partial charge is 0.466 e. The van der Waals surface area contributed by atoms with E-state index in [4.69, 9.17) is 4.74 Å². The highest BCUT2D eigenvalue weighted by molar-refractivity contribution is 5.80. The van der Waals surface area contributed by atoms with Crippen LogP contribution < -0.4 is 0 Å². The Morgan fingerprint density at radius 2 is 1.76 bits per heavy atom. The van der Waals surface area contributed by atoms with Crippen molar-refractivity contribution in [1.29, 1.82) is 0 Å². The number of nitrogens with zero attached hydrogens (tertiary/aromatic N) is 1. The fourth-order valence-corrected chi connectivity index (χ4v) is 2.84. The molecule has 2 aromatic carbocycles. The Kier molecular flexibility index (Phi) is 6.39. The Hall–Kier alpha value is -3.02. The summed E-state index contributed by atoms with van der Waals surface area (Å²) in [5.41, 5.74) is 1.36. The number of esters is 1. The zero-order valence-corrected chi connectivity index (χ0v) is 13.8. The SMILES string of the molecule is CCOC(=O)[C@H](c1ccc([N+](=O)[O-])cc1)[C@H](CC=O)c1ccccc1. The molecule has 0 aliphatic rings. The minimum absolute atomic E-state index is 0.0574. The Balaban J connectivity index is 2.47. The summed E-state index contributed by atoms with van der Waals surface area (Å²) in [6.45, 7) is 1.92. The van der Waals surface area contributed by atoms with Crippen molar-refractivity contribution in [2.45, 2.75) is 25.2 Å². The Morgan fingerprint density at radius 1 is 1.12 bits per heavy atom. The average molecular weight is 341 g/mol. The molecule has 0 saturated carbocycles. The molecular weight excluding hydrogens is 322 g/mol. The molecule has 0 heterocycles. The lowest BCUT2D eigenvalue weighted by molar-refractivity contribution is -0.384. The number of nitro groups is 1. The molecule has 0 amide bonds. The van der Waals surface area contributed by atoms with E-state index in [0.29, 0.717) is 5.56 Å². The van der Waals surface area contributed by atoms with Crippen LogP contribution in [-0.4, -0.2) is 23.8 Å². The number of non-ortho nitro benzene ring substituents is 1. The van der Waals surface area contributed by atoms with Crippen LogP contribution in [0.15, 0.2) is 54.6 Å². The molecule has 0 spiro atoms. The van der Waals surface area contributed by atoms with Crippen molar-refractivity contribution in [3.8, 4) is 0 Å². The Bertz CT molecular complexity index is 727. The number of ether oxygens (including phenoxy) is 1. The van der Waals surface area contributed by atoms with Gasteiger partial charge >= 0.3 is 5.97 Å². The first kappa shape index (κ1) is 18.3. The topological polar surface area (TPSA) is 86.5 Å². The minimum Gasteiger partial charge on any atom is -0.466 e. The fourth-order valence-electron chi connectivity index (χ4n) is 2.84. The van der Waals surface area contributed by atoms with Crippen molar-refractivity contribution in [3.05, 3.63) is 75.8 Å². The highest BCUT2D eigenvalue weighted by atomic mass is 16.6. The molecular formula is C19H19NO5. The van der Waals surface area contributed by atoms with Crippen LogP contribution in [0.3, 0.4) is 0 Å². The van der Waals surface area contributed by atoms with Crippen molar-refractivity contribution in [3.63, 3.8) is 0 Å². The van der Waals surface area contributed by atoms with Gasteiger partial charge in [0.25, 0.3) is 5.69 Å². The van der Waals surface area contributed by atoms with E-state index in [1.165, 1.54) is 12.1 Å². The third-order valence-electron chi connectivity index (χ3n) is 3.98. The molecule has 0 aliphatic carbocycles. The van der Waals surface area contributed by atoms with Gasteiger partial charge in [0.05, 0.1) is 17.4 Å². The summed E-state index contributed by atoms with van der Waals surface area (Å²) in [7, 11) is 0. The first-order chi connectivity index (χ1) is 12.1. The molecule has 0 fully saturated rings. The highest BCUT2D eigenvalue weighted by Gasteiger charge is 2.32. The van der Waals surface area contributed by atoms with Gasteiger partial charge in [-0.1, -0.05) is 42.5 Å². The summed E-state index contributed by atoms with van der Waals surface area (Å²) < 4.78 is 5.20. The summed E-state index contributed by atoms with van der Waals surface area (Å²) in [4.78, 5) is 34.1. The van der Waals surface area contributed by atoms with E-state index in [9.17, 15) is 19.7 Å². The van der Waals surface area contributed by atoms with Crippen LogP contribution in [0.5, 0.6) is 0 Å². The predicted octanol–water partition coefficient (Wildman–Crippen LogP) is 3.61. The van der Waals surface area contributed by atoms with E-state index in [1.807, 2.05) is 30.3 Å². The van der Waals surface area contributed by atoms with Crippen molar-refractivity contribution >= 4 is 17.9 Å². The second-order valence-electron chi connectivity index (χ2n) is 5.50. The van der Waals surface area contributed by atoms with Crippen LogP contribution in [0.25, 0.3) is 0 Å². The third-order valence-corrected chi connectivity index (χ3v) is 3.98. The molecule has 0 radical (unpaired) electrons. The standard InChI is InChI=1S/C19H19NO5/c1-2-25-19(22)18(15-8-10-16(11-9-15)20(23)24)17(12-13-21)14-6-4-3-5-7-14/h3-11,13,17-18H,2,12H2,1H3/t17-,18-/m1/s1. The monoisotopic (exact) mass is 341 g/mol. The maximum Gasteiger partial charge on any atom is 0.314 e. The van der Waals surface area contributed by atoms with Gasteiger partial charge in [-0.25, -0.2) is 0 Å². The maximum absolute atomic E-state index is 12.6. The summed E-state index contributed by atoms with van der Waals surface area (Å²) >= 11 is 0. The average Bonchev–Trinajstić information content (AvgIpc) is 2.62. The van der Waals surface area contributed by atoms with Crippen LogP contribution in [0.4, 0.5) is 5.69 Å². The van der Waals surface area contributed by atoms with Gasteiger partial charge in [0.15, 0.2) is 0 Å². The summed E-state index contributed by atoms with van der Waals surface area (Å²) in [6, 6.07) is 15.0. The normalized spacial score (nSPS) is 12.8. The van der Waals surface area contributed by atoms with Gasteiger partial charge in [0, 0.05) is 24.5 Å². The number of carbonyl (C=O) groups excluding carboxylic acids is 2. The molecule has 6 nitrogen and oxygen atoms in total. The van der Waals surface area contributed by atoms with Gasteiger partial charge in [-0.2, -0.15) is 0 Å². The van der Waals surface area contributed by atoms with Crippen LogP contribution in [0.2, 0.25) is 0 Å². The Labute approximate surface area is 145 Å². The first-order valence-corrected chi connectivity index (χ1v) is 7.98. The molecule has 2 rings (SSSR count). The van der Waals surface area contributed by atoms with E-state index < -0.39 is 22.7 Å². The summed E-state index contributed by atoms with van der Waals surface area (Å²) in [5.74, 6) is -1.57. The van der Waals surface area contributed by atoms with E-state index in [0.717, 1.165) is 11.8 Å². The number of rotatable bonds is 8. The zero-order chi connectivity index (χ0) is 18.2. The Morgan fingerprint density at radius 3 is 2.28 bits per heavy atom. The molecule has 2 atom stereocenters. The van der Waals surface area contributed by atoms with Gasteiger partial charge in [-0.15, -0.1) is 0 Å². The third kappa shape index (κ3) is 4.50. The predicted molar refractivity (Wildman–Crippen MR) is 92.3 cm³/mol. The van der Waals surface area contributed by atoms with Crippen LogP contribution in [0.1, 0.15) is 36.3 Å². The van der Waals surface area contributed by atoms with Crippen LogP contribution in [-0.2, 0) is 14.3 Å². The van der Waals surface area contributed by atoms with Crippen molar-refractivity contribution in [1.82, 2.24) is 0 Å². The van der Waals surface area contributed by atoms with Gasteiger partial charge in [0.1, 0.15) is 6.29 Å². The lowest BCUT2D eigenvalue weighted by atomic mass is 9.79. The molecule has 6 heteroatoms. The van der Waals surface area contributed by atoms with Crippen molar-refractivity contribution < 1.29 is 19.2 Å². The smallest absolute Gasteiger partial charge is 0.314 e. The highest BCUT2D eigenvalue weighted by Crippen LogP contribution is 2.36. The minimum atomic E-state index is -0.714. The second-order valence-corrected chi connectivity index (χ2v) is 5.50. The maximum atomic E-state index is 12.6. The summed E-state index contributed by atoms with van der Waals surface area (Å²) in [6.07, 6.45) is 0.916. The lowest BCUT2D eigenvalue weighted by Gasteiger charge is -2.25. The number of carbonyl (C=O) groups is 2. The van der Waals surface area contributed by atoms with Gasteiger partial charge in [0.2, 0.25) is 0 Å². The van der Waals surface area contributed by atoms with E-state index in [1.54, 1.807) is 19.1 Å². The molecule has 130 valence electrons. The van der Waals surface area contributed by atoms with E-state index in [2.05, 4.69) is 0 Å². The fraction of sp³-hybridized carbons (Fsp3) is 0.263. The molecule has 0 bridgehead atoms. The first-order valence-electron chi connectivity index (χ1n) is 7.98. The number of hydrogen-bond donors (Lipinski definition) is 0. The molecule has 0 unspecified atom stereocenters. The molecule has 2 aromatic rings. The zero-order valence-electron chi connectivity index (χ0n) is 13.8. The van der Waals surface area contributed by atoms with Crippen molar-refractivity contribution in [2.24, 2.45) is 0 Å². The molecule has 0 saturated heterocycles. The lowest BCUT2D eigenvalue weighted by Crippen LogP contribution is -2.23. The molecule has 0 N–H and O–H groups in total. The number of nitro benzene ring substituents is 1. The van der Waals surface area contributed by atoms with Crippen LogP contribution >= 0.6 is 0 Å². The number of aldehydes is 1. The van der Waals surface area contributed by atoms with Gasteiger partial charge in [-0.3, -0.25) is 14.9 Å². The molecule has 25 heavy (non-hydrogen) atoms. The molecule has 0 aliphatic heterocycles. The van der Waals surface area contributed by atoms with E-state index in [-0.39, 0.29) is 18.7 Å². The van der Waals surface area contributed by atoms with Crippen molar-refractivity contribution in [2.75, 3.05) is 6.61 Å². The molecule has 0 aromatic heterocycles. The quantitative estimate of drug-likeness (QED) is 0.317. The number of benzene rings is 2. The van der Waals surface area contributed by atoms with E-state index >= 15 is 0 Å². The van der Waals surface area contributed by atoms with Crippen LogP contribution in [0, 0.1) is 10.1 Å². The van der Waals surface area contributed by atoms with Gasteiger partial charge < -0.3 is 9.53 Å². The summed E-state index contributed by atoms with van der Waals surface area (Å²) in [5, 5.41) is 10.8.